The molecule has 0 aromatic carbocycles. The molecule has 3 N–H and O–H groups in total. The molecule has 4 heteroatoms. The molecular formula is C21H34N2O2. The van der Waals surface area contributed by atoms with Gasteiger partial charge in [0.2, 0.25) is 0 Å². The summed E-state index contributed by atoms with van der Waals surface area (Å²) in [5.41, 5.74) is 7.94. The fourth-order valence-electron chi connectivity index (χ4n) is 2.16. The van der Waals surface area contributed by atoms with E-state index >= 15 is 0 Å². The van der Waals surface area contributed by atoms with Gasteiger partial charge in [0, 0.05) is 28.8 Å². The summed E-state index contributed by atoms with van der Waals surface area (Å²) in [4.78, 5) is 12.2. The minimum absolute atomic E-state index is 0.0167. The van der Waals surface area contributed by atoms with E-state index in [1.165, 1.54) is 6.08 Å². The molecule has 0 aliphatic carbocycles. The molecule has 1 unspecified atom stereocenters. The molecule has 0 aromatic rings. The third-order valence-corrected chi connectivity index (χ3v) is 3.92. The maximum atomic E-state index is 12.2. The summed E-state index contributed by atoms with van der Waals surface area (Å²) < 4.78 is 5.48. The molecule has 0 spiro atoms. The van der Waals surface area contributed by atoms with Crippen LogP contribution in [-0.4, -0.2) is 12.9 Å². The number of rotatable bonds is 12. The van der Waals surface area contributed by atoms with Crippen molar-refractivity contribution in [2.24, 2.45) is 17.6 Å². The lowest BCUT2D eigenvalue weighted by molar-refractivity contribution is -0.118. The fourth-order valence-corrected chi connectivity index (χ4v) is 2.16. The van der Waals surface area contributed by atoms with Crippen LogP contribution in [0.2, 0.25) is 0 Å². The molecule has 0 saturated heterocycles. The third-order valence-electron chi connectivity index (χ3n) is 3.92. The molecule has 140 valence electrons. The van der Waals surface area contributed by atoms with E-state index in [1.54, 1.807) is 13.2 Å². The zero-order chi connectivity index (χ0) is 19.4. The first kappa shape index (κ1) is 22.8. The zero-order valence-electron chi connectivity index (χ0n) is 16.4. The Morgan fingerprint density at radius 2 is 1.96 bits per heavy atom. The minimum Gasteiger partial charge on any atom is -0.501 e. The molecule has 0 bridgehead atoms. The Labute approximate surface area is 153 Å². The van der Waals surface area contributed by atoms with Gasteiger partial charge in [0.05, 0.1) is 7.11 Å². The first-order chi connectivity index (χ1) is 11.8. The Morgan fingerprint density at radius 3 is 2.44 bits per heavy atom. The Morgan fingerprint density at radius 1 is 1.32 bits per heavy atom. The highest BCUT2D eigenvalue weighted by Crippen LogP contribution is 2.20. The molecule has 1 atom stereocenters. The zero-order valence-corrected chi connectivity index (χ0v) is 16.4. The molecule has 4 nitrogen and oxygen atoms in total. The van der Waals surface area contributed by atoms with Crippen LogP contribution in [0, 0.1) is 11.8 Å². The fraction of sp³-hybridized carbons (Fsp3) is 0.476. The monoisotopic (exact) mass is 346 g/mol. The van der Waals surface area contributed by atoms with Crippen LogP contribution in [0.5, 0.6) is 0 Å². The summed E-state index contributed by atoms with van der Waals surface area (Å²) in [6, 6.07) is 0. The molecule has 0 amide bonds. The van der Waals surface area contributed by atoms with E-state index in [-0.39, 0.29) is 17.6 Å². The summed E-state index contributed by atoms with van der Waals surface area (Å²) in [5.74, 6) is 0.798. The average Bonchev–Trinajstić information content (AvgIpc) is 2.59. The number of carbonyl (C=O) groups excluding carboxylic acids is 1. The number of allylic oxidation sites excluding steroid dienone is 6. The molecule has 0 heterocycles. The van der Waals surface area contributed by atoms with Crippen molar-refractivity contribution < 1.29 is 9.53 Å². The van der Waals surface area contributed by atoms with E-state index in [1.807, 2.05) is 20.0 Å². The molecule has 0 saturated carbocycles. The van der Waals surface area contributed by atoms with Crippen LogP contribution >= 0.6 is 0 Å². The van der Waals surface area contributed by atoms with Gasteiger partial charge in [0.25, 0.3) is 0 Å². The van der Waals surface area contributed by atoms with Gasteiger partial charge in [-0.05, 0) is 31.5 Å². The van der Waals surface area contributed by atoms with E-state index in [2.05, 4.69) is 38.4 Å². The quantitative estimate of drug-likeness (QED) is 0.308. The van der Waals surface area contributed by atoms with Gasteiger partial charge in [0.15, 0.2) is 5.78 Å². The largest absolute Gasteiger partial charge is 0.501 e. The number of nitrogens with two attached hydrogens (primary N) is 1. The van der Waals surface area contributed by atoms with Crippen molar-refractivity contribution in [3.63, 3.8) is 0 Å². The molecule has 0 radical (unpaired) electrons. The van der Waals surface area contributed by atoms with Gasteiger partial charge in [-0.3, -0.25) is 4.79 Å². The van der Waals surface area contributed by atoms with Gasteiger partial charge in [-0.1, -0.05) is 53.0 Å². The van der Waals surface area contributed by atoms with Gasteiger partial charge in [-0.25, -0.2) is 0 Å². The van der Waals surface area contributed by atoms with Crippen LogP contribution in [0.4, 0.5) is 0 Å². The number of ether oxygens (including phenoxy) is 1. The summed E-state index contributed by atoms with van der Waals surface area (Å²) in [7, 11) is 1.62. The average molecular weight is 347 g/mol. The molecule has 0 fully saturated rings. The van der Waals surface area contributed by atoms with Crippen LogP contribution < -0.4 is 11.1 Å². The Kier molecular flexibility index (Phi) is 11.1. The molecule has 25 heavy (non-hydrogen) atoms. The number of ketones is 1. The first-order valence-electron chi connectivity index (χ1n) is 8.79. The summed E-state index contributed by atoms with van der Waals surface area (Å²) in [5, 5.41) is 3.13. The van der Waals surface area contributed by atoms with Gasteiger partial charge >= 0.3 is 0 Å². The lowest BCUT2D eigenvalue weighted by atomic mass is 9.97. The summed E-state index contributed by atoms with van der Waals surface area (Å²) >= 11 is 0. The second kappa shape index (κ2) is 12.2. The number of methoxy groups -OCH3 is 1. The number of hydrogen-bond donors (Lipinski definition) is 2. The first-order valence-corrected chi connectivity index (χ1v) is 8.79. The SMILES string of the molecule is C=C/C(C(=O)C(C)C)=C(N)\C=C(/OC)C(C)CC/C=C/NC(=C)CC. The smallest absolute Gasteiger partial charge is 0.167 e. The van der Waals surface area contributed by atoms with Crippen molar-refractivity contribution in [3.8, 4) is 0 Å². The Balaban J connectivity index is 4.99. The molecule has 0 aliphatic rings. The lowest BCUT2D eigenvalue weighted by Gasteiger charge is -2.15. The van der Waals surface area contributed by atoms with Crippen molar-refractivity contribution >= 4 is 5.78 Å². The van der Waals surface area contributed by atoms with E-state index < -0.39 is 0 Å². The molecule has 0 aromatic heterocycles. The summed E-state index contributed by atoms with van der Waals surface area (Å²) in [6.45, 7) is 15.4. The van der Waals surface area contributed by atoms with Gasteiger partial charge in [-0.2, -0.15) is 0 Å². The standard InChI is InChI=1S/C21H34N2O2/c1-8-17(6)23-13-11-10-12-16(5)20(25-7)14-19(22)18(9-2)21(24)15(3)4/h9,11,13-16,23H,2,6,8,10,12,22H2,1,3-5,7H3/b13-11+,19-18-,20-14-. The molecular weight excluding hydrogens is 312 g/mol. The maximum absolute atomic E-state index is 12.2. The topological polar surface area (TPSA) is 64.4 Å². The van der Waals surface area contributed by atoms with Crippen molar-refractivity contribution in [2.45, 2.75) is 47.0 Å². The second-order valence-electron chi connectivity index (χ2n) is 6.33. The van der Waals surface area contributed by atoms with Crippen LogP contribution in [-0.2, 0) is 9.53 Å². The van der Waals surface area contributed by atoms with Crippen molar-refractivity contribution in [1.82, 2.24) is 5.32 Å². The van der Waals surface area contributed by atoms with Gasteiger partial charge in [-0.15, -0.1) is 0 Å². The van der Waals surface area contributed by atoms with Crippen LogP contribution in [0.25, 0.3) is 0 Å². The second-order valence-corrected chi connectivity index (χ2v) is 6.33. The van der Waals surface area contributed by atoms with Gasteiger partial charge < -0.3 is 15.8 Å². The number of Topliss-reactive ketones (excluding diaryl/α,β-unsaturated/α-hetero) is 1. The molecule has 0 aliphatic heterocycles. The van der Waals surface area contributed by atoms with Crippen molar-refractivity contribution in [2.75, 3.05) is 7.11 Å². The predicted molar refractivity (Wildman–Crippen MR) is 106 cm³/mol. The normalized spacial score (nSPS) is 14.2. The Hall–Kier alpha value is -2.23. The van der Waals surface area contributed by atoms with E-state index in [0.29, 0.717) is 11.3 Å². The highest BCUT2D eigenvalue weighted by molar-refractivity contribution is 6.00. The van der Waals surface area contributed by atoms with E-state index in [0.717, 1.165) is 30.7 Å². The predicted octanol–water partition coefficient (Wildman–Crippen LogP) is 4.58. The highest BCUT2D eigenvalue weighted by atomic mass is 16.5. The van der Waals surface area contributed by atoms with E-state index in [4.69, 9.17) is 10.5 Å². The summed E-state index contributed by atoms with van der Waals surface area (Å²) in [6.07, 6.45) is 9.95. The molecule has 0 rings (SSSR count). The number of carbonyl (C=O) groups is 1. The highest BCUT2D eigenvalue weighted by Gasteiger charge is 2.15. The van der Waals surface area contributed by atoms with Crippen LogP contribution in [0.15, 0.2) is 60.3 Å². The minimum atomic E-state index is -0.126. The van der Waals surface area contributed by atoms with Crippen LogP contribution in [0.3, 0.4) is 0 Å². The Bertz CT molecular complexity index is 554. The van der Waals surface area contributed by atoms with Crippen LogP contribution in [0.1, 0.15) is 47.0 Å². The maximum Gasteiger partial charge on any atom is 0.167 e. The van der Waals surface area contributed by atoms with E-state index in [9.17, 15) is 4.79 Å². The van der Waals surface area contributed by atoms with Crippen molar-refractivity contribution in [1.29, 1.82) is 0 Å². The van der Waals surface area contributed by atoms with Crippen molar-refractivity contribution in [3.05, 3.63) is 60.3 Å². The number of nitrogens with one attached hydrogen (secondary N) is 1. The third kappa shape index (κ3) is 8.43. The lowest BCUT2D eigenvalue weighted by Crippen LogP contribution is -2.14. The number of hydrogen-bond acceptors (Lipinski definition) is 4. The van der Waals surface area contributed by atoms with Gasteiger partial charge in [0.1, 0.15) is 5.76 Å².